The molecule has 2 heterocycles. The van der Waals surface area contributed by atoms with Gasteiger partial charge in [-0.25, -0.2) is 0 Å². The maximum Gasteiger partial charge on any atom is 0.252 e. The molecule has 0 radical (unpaired) electrons. The van der Waals surface area contributed by atoms with E-state index < -0.39 is 0 Å². The first-order valence-corrected chi connectivity index (χ1v) is 6.82. The van der Waals surface area contributed by atoms with Gasteiger partial charge in [-0.1, -0.05) is 11.6 Å². The van der Waals surface area contributed by atoms with Gasteiger partial charge >= 0.3 is 0 Å². The van der Waals surface area contributed by atoms with Crippen molar-refractivity contribution in [3.63, 3.8) is 0 Å². The number of halogens is 1. The number of hydrogen-bond acceptors (Lipinski definition) is 3. The summed E-state index contributed by atoms with van der Waals surface area (Å²) in [5.74, 6) is -0.0710. The van der Waals surface area contributed by atoms with Crippen LogP contribution in [0.3, 0.4) is 0 Å². The van der Waals surface area contributed by atoms with Crippen molar-refractivity contribution in [3.05, 3.63) is 40.1 Å². The van der Waals surface area contributed by atoms with Gasteiger partial charge in [-0.05, 0) is 41.4 Å². The molecule has 0 unspecified atom stereocenters. The maximum absolute atomic E-state index is 11.8. The molecule has 96 valence electrons. The van der Waals surface area contributed by atoms with Crippen molar-refractivity contribution in [2.45, 2.75) is 12.8 Å². The molecule has 0 bridgehead atoms. The van der Waals surface area contributed by atoms with E-state index in [0.29, 0.717) is 12.1 Å². The number of carbonyl (C=O) groups excluding carboxylic acids is 1. The summed E-state index contributed by atoms with van der Waals surface area (Å²) in [4.78, 5) is 15.8. The zero-order valence-electron chi connectivity index (χ0n) is 10.1. The van der Waals surface area contributed by atoms with Crippen molar-refractivity contribution in [1.29, 1.82) is 0 Å². The molecule has 1 aromatic rings. The van der Waals surface area contributed by atoms with Crippen LogP contribution in [0.4, 0.5) is 0 Å². The van der Waals surface area contributed by atoms with Gasteiger partial charge in [0.1, 0.15) is 0 Å². The summed E-state index contributed by atoms with van der Waals surface area (Å²) in [7, 11) is 0. The van der Waals surface area contributed by atoms with Gasteiger partial charge in [0.2, 0.25) is 0 Å². The zero-order valence-corrected chi connectivity index (χ0v) is 11.7. The molecular formula is C13H16BrN3O. The molecule has 0 aliphatic carbocycles. The van der Waals surface area contributed by atoms with Gasteiger partial charge < -0.3 is 10.6 Å². The van der Waals surface area contributed by atoms with Gasteiger partial charge in [0.15, 0.2) is 0 Å². The topological polar surface area (TPSA) is 54.0 Å². The first-order valence-electron chi connectivity index (χ1n) is 6.03. The number of rotatable bonds is 4. The quantitative estimate of drug-likeness (QED) is 0.835. The highest BCUT2D eigenvalue weighted by Gasteiger charge is 2.07. The van der Waals surface area contributed by atoms with E-state index in [1.807, 2.05) is 0 Å². The van der Waals surface area contributed by atoms with Crippen LogP contribution in [0.25, 0.3) is 0 Å². The van der Waals surface area contributed by atoms with Gasteiger partial charge in [0.05, 0.1) is 5.56 Å². The van der Waals surface area contributed by atoms with Crippen LogP contribution in [0, 0.1) is 0 Å². The number of hydrogen-bond donors (Lipinski definition) is 2. The summed E-state index contributed by atoms with van der Waals surface area (Å²) < 4.78 is 0.816. The van der Waals surface area contributed by atoms with Crippen molar-refractivity contribution in [2.75, 3.05) is 19.6 Å². The lowest BCUT2D eigenvalue weighted by Crippen LogP contribution is -2.26. The highest BCUT2D eigenvalue weighted by atomic mass is 79.9. The Morgan fingerprint density at radius 1 is 1.50 bits per heavy atom. The summed E-state index contributed by atoms with van der Waals surface area (Å²) in [5.41, 5.74) is 2.00. The van der Waals surface area contributed by atoms with E-state index in [9.17, 15) is 4.79 Å². The number of carbonyl (C=O) groups is 1. The molecule has 1 aliphatic heterocycles. The molecule has 2 rings (SSSR count). The predicted molar refractivity (Wildman–Crippen MR) is 74.5 cm³/mol. The number of aromatic nitrogens is 1. The van der Waals surface area contributed by atoms with Crippen molar-refractivity contribution in [1.82, 2.24) is 15.6 Å². The minimum atomic E-state index is -0.0710. The maximum atomic E-state index is 11.8. The third kappa shape index (κ3) is 3.92. The highest BCUT2D eigenvalue weighted by Crippen LogP contribution is 2.10. The Balaban J connectivity index is 1.79. The molecule has 0 atom stereocenters. The second kappa shape index (κ2) is 6.66. The summed E-state index contributed by atoms with van der Waals surface area (Å²) in [6.07, 6.45) is 7.44. The van der Waals surface area contributed by atoms with E-state index in [-0.39, 0.29) is 5.91 Å². The van der Waals surface area contributed by atoms with E-state index in [2.05, 4.69) is 37.6 Å². The van der Waals surface area contributed by atoms with Crippen LogP contribution >= 0.6 is 15.9 Å². The fraction of sp³-hybridized carbons (Fsp3) is 0.385. The fourth-order valence-corrected chi connectivity index (χ4v) is 2.24. The Morgan fingerprint density at radius 2 is 2.39 bits per heavy atom. The third-order valence-corrected chi connectivity index (χ3v) is 3.29. The fourth-order valence-electron chi connectivity index (χ4n) is 1.87. The molecule has 0 spiro atoms. The average Bonchev–Trinajstić information content (AvgIpc) is 2.40. The number of amides is 1. The number of nitrogens with zero attached hydrogens (tertiary/aromatic N) is 1. The summed E-state index contributed by atoms with van der Waals surface area (Å²) in [6, 6.07) is 1.77. The molecule has 1 aliphatic rings. The van der Waals surface area contributed by atoms with Crippen LogP contribution in [0.2, 0.25) is 0 Å². The highest BCUT2D eigenvalue weighted by molar-refractivity contribution is 9.10. The Morgan fingerprint density at radius 3 is 3.11 bits per heavy atom. The standard InChI is InChI=1S/C13H16BrN3O/c14-12-7-11(8-16-9-12)13(18)17-6-3-10-1-4-15-5-2-10/h1,7-9,15H,2-6H2,(H,17,18). The van der Waals surface area contributed by atoms with Crippen LogP contribution in [0.15, 0.2) is 34.6 Å². The molecule has 0 saturated carbocycles. The Hall–Kier alpha value is -1.20. The first kappa shape index (κ1) is 13.2. The molecule has 0 aromatic carbocycles. The van der Waals surface area contributed by atoms with Gasteiger partial charge in [-0.2, -0.15) is 0 Å². The minimum absolute atomic E-state index is 0.0710. The van der Waals surface area contributed by atoms with Crippen molar-refractivity contribution in [3.8, 4) is 0 Å². The van der Waals surface area contributed by atoms with Crippen LogP contribution in [0.5, 0.6) is 0 Å². The lowest BCUT2D eigenvalue weighted by molar-refractivity contribution is 0.0953. The minimum Gasteiger partial charge on any atom is -0.352 e. The second-order valence-corrected chi connectivity index (χ2v) is 5.13. The van der Waals surface area contributed by atoms with Crippen LogP contribution in [0.1, 0.15) is 23.2 Å². The van der Waals surface area contributed by atoms with Crippen molar-refractivity contribution >= 4 is 21.8 Å². The van der Waals surface area contributed by atoms with Gasteiger partial charge in [0.25, 0.3) is 5.91 Å². The lowest BCUT2D eigenvalue weighted by Gasteiger charge is -2.14. The number of pyridine rings is 1. The molecule has 1 aromatic heterocycles. The Labute approximate surface area is 115 Å². The predicted octanol–water partition coefficient (Wildman–Crippen LogP) is 1.88. The lowest BCUT2D eigenvalue weighted by atomic mass is 10.1. The van der Waals surface area contributed by atoms with E-state index in [1.165, 1.54) is 5.57 Å². The molecule has 4 nitrogen and oxygen atoms in total. The van der Waals surface area contributed by atoms with E-state index in [0.717, 1.165) is 30.4 Å². The van der Waals surface area contributed by atoms with E-state index in [1.54, 1.807) is 18.5 Å². The Kier molecular flexibility index (Phi) is 4.90. The largest absolute Gasteiger partial charge is 0.352 e. The average molecular weight is 310 g/mol. The van der Waals surface area contributed by atoms with E-state index in [4.69, 9.17) is 0 Å². The first-order chi connectivity index (χ1) is 8.75. The molecule has 2 N–H and O–H groups in total. The van der Waals surface area contributed by atoms with Crippen molar-refractivity contribution in [2.24, 2.45) is 0 Å². The van der Waals surface area contributed by atoms with Crippen LogP contribution in [-0.2, 0) is 0 Å². The Bertz CT molecular complexity index is 459. The molecule has 0 saturated heterocycles. The molecule has 18 heavy (non-hydrogen) atoms. The monoisotopic (exact) mass is 309 g/mol. The van der Waals surface area contributed by atoms with Gasteiger partial charge in [0, 0.05) is 30.0 Å². The summed E-state index contributed by atoms with van der Waals surface area (Å²) in [6.45, 7) is 2.66. The zero-order chi connectivity index (χ0) is 12.8. The third-order valence-electron chi connectivity index (χ3n) is 2.86. The van der Waals surface area contributed by atoms with Crippen molar-refractivity contribution < 1.29 is 4.79 Å². The molecule has 0 fully saturated rings. The SMILES string of the molecule is O=C(NCCC1=CCNCC1)c1cncc(Br)c1. The van der Waals surface area contributed by atoms with Crippen LogP contribution < -0.4 is 10.6 Å². The van der Waals surface area contributed by atoms with Crippen LogP contribution in [-0.4, -0.2) is 30.5 Å². The summed E-state index contributed by atoms with van der Waals surface area (Å²) in [5, 5.41) is 6.18. The normalized spacial score (nSPS) is 15.1. The smallest absolute Gasteiger partial charge is 0.252 e. The summed E-state index contributed by atoms with van der Waals surface area (Å²) >= 11 is 3.30. The molecule has 1 amide bonds. The number of nitrogens with one attached hydrogen (secondary N) is 2. The molecule has 5 heteroatoms. The van der Waals surface area contributed by atoms with E-state index >= 15 is 0 Å². The van der Waals surface area contributed by atoms with Gasteiger partial charge in [-0.3, -0.25) is 9.78 Å². The van der Waals surface area contributed by atoms with Gasteiger partial charge in [-0.15, -0.1) is 0 Å². The second-order valence-electron chi connectivity index (χ2n) is 4.21. The molecular weight excluding hydrogens is 294 g/mol.